The molecule has 0 bridgehead atoms. The van der Waals surface area contributed by atoms with Crippen LogP contribution in [0.15, 0.2) is 24.3 Å². The van der Waals surface area contributed by atoms with Crippen molar-refractivity contribution in [2.45, 2.75) is 33.6 Å². The SMILES string of the molecule is CC(C)(C)CCCNC(=O)c1ccccc1F. The van der Waals surface area contributed by atoms with Gasteiger partial charge in [0.1, 0.15) is 5.82 Å². The zero-order valence-corrected chi connectivity index (χ0v) is 10.7. The molecule has 0 aliphatic rings. The summed E-state index contributed by atoms with van der Waals surface area (Å²) >= 11 is 0. The van der Waals surface area contributed by atoms with E-state index in [1.165, 1.54) is 12.1 Å². The largest absolute Gasteiger partial charge is 0.352 e. The maximum Gasteiger partial charge on any atom is 0.254 e. The standard InChI is InChI=1S/C14H20FNO/c1-14(2,3)9-6-10-16-13(17)11-7-4-5-8-12(11)15/h4-5,7-8H,6,9-10H2,1-3H3,(H,16,17). The van der Waals surface area contributed by atoms with Crippen molar-refractivity contribution in [1.82, 2.24) is 5.32 Å². The fourth-order valence-corrected chi connectivity index (χ4v) is 1.56. The molecule has 1 amide bonds. The summed E-state index contributed by atoms with van der Waals surface area (Å²) in [7, 11) is 0. The Balaban J connectivity index is 2.39. The number of hydrogen-bond donors (Lipinski definition) is 1. The molecular weight excluding hydrogens is 217 g/mol. The quantitative estimate of drug-likeness (QED) is 0.799. The number of rotatable bonds is 4. The molecule has 0 saturated carbocycles. The van der Waals surface area contributed by atoms with Crippen LogP contribution in [0.25, 0.3) is 0 Å². The molecule has 0 unspecified atom stereocenters. The number of carbonyl (C=O) groups is 1. The van der Waals surface area contributed by atoms with Gasteiger partial charge in [-0.2, -0.15) is 0 Å². The number of benzene rings is 1. The summed E-state index contributed by atoms with van der Waals surface area (Å²) in [6, 6.07) is 6.03. The van der Waals surface area contributed by atoms with Gasteiger partial charge in [0.05, 0.1) is 5.56 Å². The zero-order valence-electron chi connectivity index (χ0n) is 10.7. The monoisotopic (exact) mass is 237 g/mol. The molecule has 0 radical (unpaired) electrons. The van der Waals surface area contributed by atoms with Crippen molar-refractivity contribution in [3.8, 4) is 0 Å². The van der Waals surface area contributed by atoms with E-state index in [2.05, 4.69) is 26.1 Å². The first kappa shape index (κ1) is 13.7. The highest BCUT2D eigenvalue weighted by Gasteiger charge is 2.12. The van der Waals surface area contributed by atoms with E-state index < -0.39 is 5.82 Å². The second-order valence-electron chi connectivity index (χ2n) is 5.40. The van der Waals surface area contributed by atoms with Gasteiger partial charge in [0, 0.05) is 6.54 Å². The Morgan fingerprint density at radius 1 is 1.29 bits per heavy atom. The van der Waals surface area contributed by atoms with Crippen LogP contribution in [-0.4, -0.2) is 12.5 Å². The average Bonchev–Trinajstić information content (AvgIpc) is 2.23. The van der Waals surface area contributed by atoms with Crippen molar-refractivity contribution in [1.29, 1.82) is 0 Å². The van der Waals surface area contributed by atoms with Crippen molar-refractivity contribution in [3.05, 3.63) is 35.6 Å². The summed E-state index contributed by atoms with van der Waals surface area (Å²) in [5.74, 6) is -0.808. The van der Waals surface area contributed by atoms with Gasteiger partial charge < -0.3 is 5.32 Å². The molecule has 1 rings (SSSR count). The molecule has 3 heteroatoms. The lowest BCUT2D eigenvalue weighted by Gasteiger charge is -2.17. The molecule has 0 heterocycles. The molecule has 0 aliphatic carbocycles. The highest BCUT2D eigenvalue weighted by molar-refractivity contribution is 5.94. The van der Waals surface area contributed by atoms with Gasteiger partial charge in [-0.05, 0) is 30.4 Å². The molecule has 2 nitrogen and oxygen atoms in total. The molecule has 1 aromatic carbocycles. The summed E-state index contributed by atoms with van der Waals surface area (Å²) in [6.45, 7) is 7.06. The fourth-order valence-electron chi connectivity index (χ4n) is 1.56. The van der Waals surface area contributed by atoms with Crippen LogP contribution in [0.5, 0.6) is 0 Å². The van der Waals surface area contributed by atoms with Gasteiger partial charge in [-0.3, -0.25) is 4.79 Å². The minimum atomic E-state index is -0.471. The summed E-state index contributed by atoms with van der Waals surface area (Å²) in [6.07, 6.45) is 1.94. The molecule has 94 valence electrons. The summed E-state index contributed by atoms with van der Waals surface area (Å²) in [4.78, 5) is 11.6. The minimum Gasteiger partial charge on any atom is -0.352 e. The van der Waals surface area contributed by atoms with E-state index in [0.29, 0.717) is 6.54 Å². The van der Waals surface area contributed by atoms with E-state index in [1.807, 2.05) is 0 Å². The summed E-state index contributed by atoms with van der Waals surface area (Å²) in [5, 5.41) is 2.73. The number of amides is 1. The van der Waals surface area contributed by atoms with Crippen LogP contribution in [-0.2, 0) is 0 Å². The van der Waals surface area contributed by atoms with Crippen LogP contribution in [0.1, 0.15) is 44.0 Å². The van der Waals surface area contributed by atoms with Crippen molar-refractivity contribution < 1.29 is 9.18 Å². The normalized spacial score (nSPS) is 11.3. The summed E-state index contributed by atoms with van der Waals surface area (Å²) in [5.41, 5.74) is 0.381. The van der Waals surface area contributed by atoms with Gasteiger partial charge in [0.25, 0.3) is 5.91 Å². The Kier molecular flexibility index (Phi) is 4.67. The predicted molar refractivity (Wildman–Crippen MR) is 67.4 cm³/mol. The maximum absolute atomic E-state index is 13.3. The van der Waals surface area contributed by atoms with Gasteiger partial charge in [-0.15, -0.1) is 0 Å². The summed E-state index contributed by atoms with van der Waals surface area (Å²) < 4.78 is 13.3. The molecular formula is C14H20FNO. The number of halogens is 1. The van der Waals surface area contributed by atoms with Crippen molar-refractivity contribution in [2.24, 2.45) is 5.41 Å². The second kappa shape index (κ2) is 5.80. The third kappa shape index (κ3) is 4.98. The smallest absolute Gasteiger partial charge is 0.254 e. The molecule has 0 atom stereocenters. The highest BCUT2D eigenvalue weighted by atomic mass is 19.1. The van der Waals surface area contributed by atoms with Crippen molar-refractivity contribution >= 4 is 5.91 Å². The Morgan fingerprint density at radius 2 is 1.94 bits per heavy atom. The van der Waals surface area contributed by atoms with Gasteiger partial charge in [-0.1, -0.05) is 32.9 Å². The number of carbonyl (C=O) groups excluding carboxylic acids is 1. The van der Waals surface area contributed by atoms with Crippen LogP contribution >= 0.6 is 0 Å². The Morgan fingerprint density at radius 3 is 2.53 bits per heavy atom. The van der Waals surface area contributed by atoms with Gasteiger partial charge in [0.15, 0.2) is 0 Å². The second-order valence-corrected chi connectivity index (χ2v) is 5.40. The van der Waals surface area contributed by atoms with E-state index >= 15 is 0 Å². The van der Waals surface area contributed by atoms with Crippen molar-refractivity contribution in [2.75, 3.05) is 6.54 Å². The molecule has 17 heavy (non-hydrogen) atoms. The van der Waals surface area contributed by atoms with E-state index in [9.17, 15) is 9.18 Å². The van der Waals surface area contributed by atoms with Crippen LogP contribution in [0, 0.1) is 11.2 Å². The lowest BCUT2D eigenvalue weighted by atomic mass is 9.91. The van der Waals surface area contributed by atoms with Gasteiger partial charge >= 0.3 is 0 Å². The molecule has 0 spiro atoms. The van der Waals surface area contributed by atoms with E-state index in [1.54, 1.807) is 12.1 Å². The number of nitrogens with one attached hydrogen (secondary N) is 1. The predicted octanol–water partition coefficient (Wildman–Crippen LogP) is 3.38. The molecule has 1 aromatic rings. The Hall–Kier alpha value is -1.38. The van der Waals surface area contributed by atoms with E-state index in [0.717, 1.165) is 12.8 Å². The molecule has 0 fully saturated rings. The topological polar surface area (TPSA) is 29.1 Å². The lowest BCUT2D eigenvalue weighted by molar-refractivity contribution is 0.0947. The molecule has 0 aromatic heterocycles. The minimum absolute atomic E-state index is 0.114. The van der Waals surface area contributed by atoms with Crippen LogP contribution in [0.3, 0.4) is 0 Å². The lowest BCUT2D eigenvalue weighted by Crippen LogP contribution is -2.26. The third-order valence-corrected chi connectivity index (χ3v) is 2.51. The molecule has 0 saturated heterocycles. The average molecular weight is 237 g/mol. The van der Waals surface area contributed by atoms with Crippen LogP contribution in [0.4, 0.5) is 4.39 Å². The van der Waals surface area contributed by atoms with Gasteiger partial charge in [0.2, 0.25) is 0 Å². The molecule has 0 aliphatic heterocycles. The van der Waals surface area contributed by atoms with Crippen LogP contribution in [0.2, 0.25) is 0 Å². The maximum atomic E-state index is 13.3. The first-order valence-electron chi connectivity index (χ1n) is 5.93. The van der Waals surface area contributed by atoms with Gasteiger partial charge in [-0.25, -0.2) is 4.39 Å². The van der Waals surface area contributed by atoms with Crippen LogP contribution < -0.4 is 5.32 Å². The third-order valence-electron chi connectivity index (χ3n) is 2.51. The Labute approximate surface area is 102 Å². The first-order valence-corrected chi connectivity index (χ1v) is 5.93. The fraction of sp³-hybridized carbons (Fsp3) is 0.500. The van der Waals surface area contributed by atoms with E-state index in [4.69, 9.17) is 0 Å². The molecule has 1 N–H and O–H groups in total. The highest BCUT2D eigenvalue weighted by Crippen LogP contribution is 2.19. The van der Waals surface area contributed by atoms with E-state index in [-0.39, 0.29) is 16.9 Å². The Bertz CT molecular complexity index is 382. The van der Waals surface area contributed by atoms with Crippen molar-refractivity contribution in [3.63, 3.8) is 0 Å². The number of hydrogen-bond acceptors (Lipinski definition) is 1. The first-order chi connectivity index (χ1) is 7.90. The zero-order chi connectivity index (χ0) is 12.9.